The Morgan fingerprint density at radius 1 is 1.32 bits per heavy atom. The molecular weight excluding hydrogens is 296 g/mol. The van der Waals surface area contributed by atoms with Crippen LogP contribution in [-0.4, -0.2) is 37.6 Å². The van der Waals surface area contributed by atoms with E-state index < -0.39 is 0 Å². The summed E-state index contributed by atoms with van der Waals surface area (Å²) in [6.45, 7) is 6.51. The number of rotatable bonds is 6. The first-order chi connectivity index (χ1) is 10.6. The van der Waals surface area contributed by atoms with Gasteiger partial charge < -0.3 is 4.90 Å². The summed E-state index contributed by atoms with van der Waals surface area (Å²) in [5, 5.41) is 0.637. The van der Waals surface area contributed by atoms with Gasteiger partial charge in [-0.3, -0.25) is 9.78 Å². The molecule has 6 heteroatoms. The Bertz CT molecular complexity index is 619. The topological polar surface area (TPSA) is 59.0 Å². The number of hydrogen-bond acceptors (Lipinski definition) is 5. The van der Waals surface area contributed by atoms with Gasteiger partial charge in [-0.05, 0) is 38.5 Å². The summed E-state index contributed by atoms with van der Waals surface area (Å²) < 4.78 is 0. The van der Waals surface area contributed by atoms with Gasteiger partial charge in [0.15, 0.2) is 5.16 Å². The number of hydrogen-bond donors (Lipinski definition) is 0. The fourth-order valence-electron chi connectivity index (χ4n) is 1.95. The third-order valence-corrected chi connectivity index (χ3v) is 3.96. The van der Waals surface area contributed by atoms with Crippen LogP contribution in [0.25, 0.3) is 0 Å². The maximum atomic E-state index is 12.5. The molecule has 5 nitrogen and oxygen atoms in total. The van der Waals surface area contributed by atoms with Crippen molar-refractivity contribution in [3.05, 3.63) is 48.0 Å². The molecule has 1 amide bonds. The van der Waals surface area contributed by atoms with Gasteiger partial charge in [-0.25, -0.2) is 9.97 Å². The molecule has 0 N–H and O–H groups in total. The van der Waals surface area contributed by atoms with Crippen LogP contribution in [0, 0.1) is 6.92 Å². The van der Waals surface area contributed by atoms with Crippen molar-refractivity contribution in [2.24, 2.45) is 0 Å². The zero-order chi connectivity index (χ0) is 15.9. The fourth-order valence-corrected chi connectivity index (χ4v) is 2.71. The minimum Gasteiger partial charge on any atom is -0.335 e. The summed E-state index contributed by atoms with van der Waals surface area (Å²) in [5.41, 5.74) is 1.93. The van der Waals surface area contributed by atoms with E-state index in [-0.39, 0.29) is 11.9 Å². The average molecular weight is 316 g/mol. The van der Waals surface area contributed by atoms with Crippen molar-refractivity contribution in [2.45, 2.75) is 38.5 Å². The quantitative estimate of drug-likeness (QED) is 0.606. The van der Waals surface area contributed by atoms with Gasteiger partial charge in [0.05, 0.1) is 5.75 Å². The third-order valence-electron chi connectivity index (χ3n) is 3.12. The van der Waals surface area contributed by atoms with Gasteiger partial charge in [0.25, 0.3) is 0 Å². The lowest BCUT2D eigenvalue weighted by molar-refractivity contribution is -0.130. The highest BCUT2D eigenvalue weighted by Gasteiger charge is 2.18. The number of pyridine rings is 1. The van der Waals surface area contributed by atoms with E-state index in [0.717, 1.165) is 11.3 Å². The molecule has 0 saturated heterocycles. The van der Waals surface area contributed by atoms with Gasteiger partial charge in [0.1, 0.15) is 0 Å². The smallest absolute Gasteiger partial charge is 0.233 e. The lowest BCUT2D eigenvalue weighted by Gasteiger charge is -2.26. The van der Waals surface area contributed by atoms with Gasteiger partial charge in [0, 0.05) is 36.9 Å². The maximum absolute atomic E-state index is 12.5. The van der Waals surface area contributed by atoms with E-state index in [9.17, 15) is 4.79 Å². The molecule has 0 atom stereocenters. The van der Waals surface area contributed by atoms with Crippen LogP contribution in [0.2, 0.25) is 0 Å². The van der Waals surface area contributed by atoms with Crippen LogP contribution in [0.5, 0.6) is 0 Å². The van der Waals surface area contributed by atoms with Crippen molar-refractivity contribution in [1.82, 2.24) is 19.9 Å². The highest BCUT2D eigenvalue weighted by molar-refractivity contribution is 7.99. The Balaban J connectivity index is 1.98. The molecule has 0 aliphatic heterocycles. The Hall–Kier alpha value is -1.95. The monoisotopic (exact) mass is 316 g/mol. The van der Waals surface area contributed by atoms with Crippen LogP contribution in [0.3, 0.4) is 0 Å². The number of thioether (sulfide) groups is 1. The number of aromatic nitrogens is 3. The van der Waals surface area contributed by atoms with Crippen LogP contribution in [-0.2, 0) is 11.3 Å². The highest BCUT2D eigenvalue weighted by atomic mass is 32.2. The first-order valence-electron chi connectivity index (χ1n) is 7.17. The van der Waals surface area contributed by atoms with E-state index in [0.29, 0.717) is 17.5 Å². The molecular formula is C16H20N4OS. The van der Waals surface area contributed by atoms with Crippen LogP contribution in [0.4, 0.5) is 0 Å². The zero-order valence-corrected chi connectivity index (χ0v) is 13.9. The number of carbonyl (C=O) groups excluding carboxylic acids is 1. The molecule has 22 heavy (non-hydrogen) atoms. The molecule has 0 bridgehead atoms. The maximum Gasteiger partial charge on any atom is 0.233 e. The minimum absolute atomic E-state index is 0.0777. The Kier molecular flexibility index (Phi) is 5.89. The number of aryl methyl sites for hydroxylation is 1. The molecule has 0 aliphatic rings. The minimum atomic E-state index is 0.0777. The summed E-state index contributed by atoms with van der Waals surface area (Å²) in [7, 11) is 0. The molecule has 0 aliphatic carbocycles. The summed E-state index contributed by atoms with van der Waals surface area (Å²) in [6.07, 6.45) is 5.24. The molecule has 2 aromatic rings. The van der Waals surface area contributed by atoms with E-state index in [2.05, 4.69) is 15.0 Å². The second kappa shape index (κ2) is 7.89. The first-order valence-corrected chi connectivity index (χ1v) is 8.15. The summed E-state index contributed by atoms with van der Waals surface area (Å²) >= 11 is 1.37. The summed E-state index contributed by atoms with van der Waals surface area (Å²) in [5.74, 6) is 0.413. The fraction of sp³-hybridized carbons (Fsp3) is 0.375. The molecule has 0 aromatic carbocycles. The summed E-state index contributed by atoms with van der Waals surface area (Å²) in [6, 6.07) is 5.83. The normalized spacial score (nSPS) is 10.7. The molecule has 2 rings (SSSR count). The molecule has 0 radical (unpaired) electrons. The van der Waals surface area contributed by atoms with Gasteiger partial charge in [0.2, 0.25) is 5.91 Å². The van der Waals surface area contributed by atoms with Gasteiger partial charge in [-0.2, -0.15) is 0 Å². The van der Waals surface area contributed by atoms with Crippen molar-refractivity contribution < 1.29 is 4.79 Å². The molecule has 116 valence electrons. The van der Waals surface area contributed by atoms with Crippen LogP contribution in [0.15, 0.2) is 41.9 Å². The van der Waals surface area contributed by atoms with E-state index in [4.69, 9.17) is 0 Å². The van der Waals surface area contributed by atoms with Crippen LogP contribution < -0.4 is 0 Å². The molecule has 2 aromatic heterocycles. The van der Waals surface area contributed by atoms with Crippen LogP contribution >= 0.6 is 11.8 Å². The molecule has 0 spiro atoms. The second-order valence-electron chi connectivity index (χ2n) is 5.25. The predicted octanol–water partition coefficient (Wildman–Crippen LogP) is 2.71. The second-order valence-corrected chi connectivity index (χ2v) is 6.19. The number of nitrogens with zero attached hydrogens (tertiary/aromatic N) is 4. The molecule has 0 fully saturated rings. The van der Waals surface area contributed by atoms with Gasteiger partial charge >= 0.3 is 0 Å². The SMILES string of the molecule is Cc1ccnc(SCC(=O)N(Cc2cccnc2)C(C)C)n1. The molecule has 0 unspecified atom stereocenters. The van der Waals surface area contributed by atoms with Gasteiger partial charge in [-0.15, -0.1) is 0 Å². The number of amides is 1. The van der Waals surface area contributed by atoms with Crippen molar-refractivity contribution in [3.63, 3.8) is 0 Å². The third kappa shape index (κ3) is 4.80. The Labute approximate surface area is 135 Å². The predicted molar refractivity (Wildman–Crippen MR) is 87.4 cm³/mol. The van der Waals surface area contributed by atoms with E-state index >= 15 is 0 Å². The molecule has 2 heterocycles. The Morgan fingerprint density at radius 2 is 2.14 bits per heavy atom. The van der Waals surface area contributed by atoms with E-state index in [1.807, 2.05) is 43.9 Å². The van der Waals surface area contributed by atoms with Crippen molar-refractivity contribution in [1.29, 1.82) is 0 Å². The zero-order valence-electron chi connectivity index (χ0n) is 13.1. The van der Waals surface area contributed by atoms with E-state index in [1.165, 1.54) is 11.8 Å². The van der Waals surface area contributed by atoms with Crippen molar-refractivity contribution in [3.8, 4) is 0 Å². The van der Waals surface area contributed by atoms with Gasteiger partial charge in [-0.1, -0.05) is 17.8 Å². The molecule has 0 saturated carbocycles. The highest BCUT2D eigenvalue weighted by Crippen LogP contribution is 2.15. The first kappa shape index (κ1) is 16.4. The lowest BCUT2D eigenvalue weighted by atomic mass is 10.2. The lowest BCUT2D eigenvalue weighted by Crippen LogP contribution is -2.37. The summed E-state index contributed by atoms with van der Waals surface area (Å²) in [4.78, 5) is 26.9. The average Bonchev–Trinajstić information content (AvgIpc) is 2.51. The van der Waals surface area contributed by atoms with Crippen LogP contribution in [0.1, 0.15) is 25.1 Å². The van der Waals surface area contributed by atoms with Crippen molar-refractivity contribution in [2.75, 3.05) is 5.75 Å². The standard InChI is InChI=1S/C16H20N4OS/c1-12(2)20(10-14-5-4-7-17-9-14)15(21)11-22-16-18-8-6-13(3)19-16/h4-9,12H,10-11H2,1-3H3. The van der Waals surface area contributed by atoms with E-state index in [1.54, 1.807) is 18.6 Å². The van der Waals surface area contributed by atoms with Crippen molar-refractivity contribution >= 4 is 17.7 Å². The number of carbonyl (C=O) groups is 1. The largest absolute Gasteiger partial charge is 0.335 e. The Morgan fingerprint density at radius 3 is 2.77 bits per heavy atom.